The minimum absolute atomic E-state index is 0.0728. The highest BCUT2D eigenvalue weighted by atomic mass is 32.2. The van der Waals surface area contributed by atoms with E-state index in [1.807, 2.05) is 30.3 Å². The predicted octanol–water partition coefficient (Wildman–Crippen LogP) is 1.88. The third-order valence-corrected chi connectivity index (χ3v) is 5.95. The maximum absolute atomic E-state index is 13.1. The molecule has 1 amide bonds. The summed E-state index contributed by atoms with van der Waals surface area (Å²) < 4.78 is 6.19. The fourth-order valence-electron chi connectivity index (χ4n) is 3.17. The number of anilines is 1. The van der Waals surface area contributed by atoms with Crippen LogP contribution in [0.4, 0.5) is 5.82 Å². The average Bonchev–Trinajstić information content (AvgIpc) is 2.84. The van der Waals surface area contributed by atoms with Gasteiger partial charge in [-0.2, -0.15) is 0 Å². The van der Waals surface area contributed by atoms with Gasteiger partial charge >= 0.3 is 5.97 Å². The molecular weight excluding hydrogens is 472 g/mol. The highest BCUT2D eigenvalue weighted by molar-refractivity contribution is 7.99. The number of carboxylic acids is 1. The lowest BCUT2D eigenvalue weighted by Gasteiger charge is -2.21. The highest BCUT2D eigenvalue weighted by Crippen LogP contribution is 2.14. The molecule has 2 aromatic rings. The van der Waals surface area contributed by atoms with E-state index >= 15 is 0 Å². The number of hydrogen-bond acceptors (Lipinski definition) is 8. The molecule has 3 N–H and O–H groups in total. The van der Waals surface area contributed by atoms with Crippen molar-refractivity contribution in [2.75, 3.05) is 31.3 Å². The zero-order valence-corrected chi connectivity index (χ0v) is 20.5. The van der Waals surface area contributed by atoms with Crippen LogP contribution in [0.3, 0.4) is 0 Å². The number of Topliss-reactive ketones (excluding diaryl/α,β-unsaturated/α-hetero) is 1. The van der Waals surface area contributed by atoms with Gasteiger partial charge in [-0.15, -0.1) is 11.8 Å². The van der Waals surface area contributed by atoms with Crippen molar-refractivity contribution in [3.8, 4) is 0 Å². The number of methoxy groups -OCH3 is 1. The minimum atomic E-state index is -1.24. The number of rotatable bonds is 15. The van der Waals surface area contributed by atoms with Gasteiger partial charge in [-0.1, -0.05) is 37.3 Å². The zero-order valence-electron chi connectivity index (χ0n) is 19.7. The van der Waals surface area contributed by atoms with Gasteiger partial charge in [-0.25, -0.2) is 9.78 Å². The number of amides is 1. The SMILES string of the molecule is CCC(C(=O)N[C@@H](/C=C/C(=O)O)C(=O)CSCc1ccccc1)n1ccnc(NCCOC)c1=O. The van der Waals surface area contributed by atoms with E-state index in [1.165, 1.54) is 35.8 Å². The fraction of sp³-hybridized carbons (Fsp3) is 0.375. The molecule has 1 aromatic carbocycles. The number of ketones is 1. The number of ether oxygens (including phenoxy) is 1. The molecule has 0 radical (unpaired) electrons. The summed E-state index contributed by atoms with van der Waals surface area (Å²) in [5.41, 5.74) is 0.554. The molecule has 0 spiro atoms. The quantitative estimate of drug-likeness (QED) is 0.246. The predicted molar refractivity (Wildman–Crippen MR) is 135 cm³/mol. The van der Waals surface area contributed by atoms with Crippen molar-refractivity contribution in [3.05, 3.63) is 70.8 Å². The van der Waals surface area contributed by atoms with E-state index in [9.17, 15) is 19.2 Å². The van der Waals surface area contributed by atoms with Gasteiger partial charge in [0.25, 0.3) is 5.56 Å². The summed E-state index contributed by atoms with van der Waals surface area (Å²) in [4.78, 5) is 53.8. The van der Waals surface area contributed by atoms with Crippen molar-refractivity contribution < 1.29 is 24.2 Å². The van der Waals surface area contributed by atoms with Crippen molar-refractivity contribution in [3.63, 3.8) is 0 Å². The van der Waals surface area contributed by atoms with Gasteiger partial charge in [0.1, 0.15) is 12.1 Å². The molecule has 0 aliphatic heterocycles. The van der Waals surface area contributed by atoms with Crippen LogP contribution in [-0.4, -0.2) is 64.4 Å². The Labute approximate surface area is 207 Å². The summed E-state index contributed by atoms with van der Waals surface area (Å²) in [6.07, 6.45) is 5.03. The van der Waals surface area contributed by atoms with E-state index in [-0.39, 0.29) is 23.8 Å². The topological polar surface area (TPSA) is 140 Å². The monoisotopic (exact) mass is 502 g/mol. The van der Waals surface area contributed by atoms with Crippen LogP contribution in [0.25, 0.3) is 0 Å². The Hall–Kier alpha value is -3.44. The molecule has 0 aliphatic rings. The van der Waals surface area contributed by atoms with Gasteiger partial charge < -0.3 is 20.5 Å². The van der Waals surface area contributed by atoms with Gasteiger partial charge in [0.2, 0.25) is 5.91 Å². The number of benzene rings is 1. The average molecular weight is 503 g/mol. The first-order chi connectivity index (χ1) is 16.9. The van der Waals surface area contributed by atoms with Gasteiger partial charge in [0.05, 0.1) is 12.4 Å². The Bertz CT molecular complexity index is 1070. The summed E-state index contributed by atoms with van der Waals surface area (Å²) in [5.74, 6) is -1.42. The number of aliphatic carboxylic acids is 1. The first-order valence-corrected chi connectivity index (χ1v) is 12.2. The van der Waals surface area contributed by atoms with Crippen LogP contribution in [0.2, 0.25) is 0 Å². The molecule has 0 bridgehead atoms. The van der Waals surface area contributed by atoms with E-state index in [0.29, 0.717) is 18.9 Å². The number of aromatic nitrogens is 2. The first-order valence-electron chi connectivity index (χ1n) is 11.0. The summed E-state index contributed by atoms with van der Waals surface area (Å²) in [5, 5.41) is 14.5. The molecular formula is C24H30N4O6S. The standard InChI is InChI=1S/C24H30N4O6S/c1-3-19(28-13-11-25-22(24(28)33)26-12-14-34-2)23(32)27-18(9-10-21(30)31)20(29)16-35-15-17-7-5-4-6-8-17/h4-11,13,18-19H,3,12,14-16H2,1-2H3,(H,25,26)(H,27,32)(H,30,31)/b10-9+/t18-,19?/m0/s1. The summed E-state index contributed by atoms with van der Waals surface area (Å²) in [7, 11) is 1.53. The number of carbonyl (C=O) groups is 3. The van der Waals surface area contributed by atoms with Gasteiger partial charge in [0, 0.05) is 37.9 Å². The lowest BCUT2D eigenvalue weighted by molar-refractivity contribution is -0.131. The summed E-state index contributed by atoms with van der Waals surface area (Å²) in [6, 6.07) is 7.53. The molecule has 2 rings (SSSR count). The Morgan fingerprint density at radius 3 is 2.66 bits per heavy atom. The Morgan fingerprint density at radius 1 is 1.26 bits per heavy atom. The second kappa shape index (κ2) is 14.7. The maximum atomic E-state index is 13.1. The van der Waals surface area contributed by atoms with Gasteiger partial charge in [-0.05, 0) is 18.1 Å². The fourth-order valence-corrected chi connectivity index (χ4v) is 4.08. The number of thioether (sulfide) groups is 1. The molecule has 1 heterocycles. The summed E-state index contributed by atoms with van der Waals surface area (Å²) >= 11 is 1.36. The Morgan fingerprint density at radius 2 is 2.00 bits per heavy atom. The molecule has 188 valence electrons. The number of hydrogen-bond donors (Lipinski definition) is 3. The molecule has 35 heavy (non-hydrogen) atoms. The second-order valence-corrected chi connectivity index (χ2v) is 8.45. The first kappa shape index (κ1) is 27.8. The van der Waals surface area contributed by atoms with Crippen molar-refractivity contribution in [2.24, 2.45) is 0 Å². The molecule has 0 saturated carbocycles. The van der Waals surface area contributed by atoms with Crippen molar-refractivity contribution >= 4 is 35.2 Å². The largest absolute Gasteiger partial charge is 0.478 e. The highest BCUT2D eigenvalue weighted by Gasteiger charge is 2.25. The maximum Gasteiger partial charge on any atom is 0.328 e. The number of nitrogens with zero attached hydrogens (tertiary/aromatic N) is 2. The van der Waals surface area contributed by atoms with Gasteiger partial charge in [0.15, 0.2) is 11.6 Å². The lowest BCUT2D eigenvalue weighted by Crippen LogP contribution is -2.45. The van der Waals surface area contributed by atoms with Crippen LogP contribution in [0.1, 0.15) is 24.9 Å². The van der Waals surface area contributed by atoms with E-state index in [4.69, 9.17) is 9.84 Å². The van der Waals surface area contributed by atoms with E-state index in [1.54, 1.807) is 6.92 Å². The van der Waals surface area contributed by atoms with Crippen LogP contribution < -0.4 is 16.2 Å². The van der Waals surface area contributed by atoms with Crippen molar-refractivity contribution in [1.82, 2.24) is 14.9 Å². The number of carbonyl (C=O) groups excluding carboxylic acids is 2. The molecule has 10 nitrogen and oxygen atoms in total. The number of carboxylic acid groups (broad SMARTS) is 1. The van der Waals surface area contributed by atoms with E-state index < -0.39 is 29.5 Å². The minimum Gasteiger partial charge on any atom is -0.478 e. The van der Waals surface area contributed by atoms with Gasteiger partial charge in [-0.3, -0.25) is 19.0 Å². The van der Waals surface area contributed by atoms with Crippen molar-refractivity contribution in [2.45, 2.75) is 31.2 Å². The third kappa shape index (κ3) is 9.02. The molecule has 2 atom stereocenters. The smallest absolute Gasteiger partial charge is 0.328 e. The van der Waals surface area contributed by atoms with Crippen LogP contribution >= 0.6 is 11.8 Å². The van der Waals surface area contributed by atoms with Crippen LogP contribution in [0, 0.1) is 0 Å². The van der Waals surface area contributed by atoms with Crippen LogP contribution in [-0.2, 0) is 24.9 Å². The Balaban J connectivity index is 2.13. The van der Waals surface area contributed by atoms with Crippen molar-refractivity contribution in [1.29, 1.82) is 0 Å². The van der Waals surface area contributed by atoms with E-state index in [0.717, 1.165) is 17.7 Å². The second-order valence-electron chi connectivity index (χ2n) is 7.46. The molecule has 11 heteroatoms. The molecule has 1 aromatic heterocycles. The van der Waals surface area contributed by atoms with Crippen LogP contribution in [0.15, 0.2) is 59.7 Å². The van der Waals surface area contributed by atoms with E-state index in [2.05, 4.69) is 15.6 Å². The summed E-state index contributed by atoms with van der Waals surface area (Å²) in [6.45, 7) is 2.47. The zero-order chi connectivity index (χ0) is 25.6. The third-order valence-electron chi connectivity index (χ3n) is 4.92. The molecule has 0 aliphatic carbocycles. The molecule has 0 saturated heterocycles. The number of nitrogens with one attached hydrogen (secondary N) is 2. The molecule has 0 fully saturated rings. The normalized spacial score (nSPS) is 12.7. The van der Waals surface area contributed by atoms with Crippen LogP contribution in [0.5, 0.6) is 0 Å². The lowest BCUT2D eigenvalue weighted by atomic mass is 10.1. The Kier molecular flexibility index (Phi) is 11.7. The molecule has 1 unspecified atom stereocenters.